The third-order valence-corrected chi connectivity index (χ3v) is 4.76. The molecule has 0 spiro atoms. The molecule has 0 aliphatic heterocycles. The molecule has 0 bridgehead atoms. The van der Waals surface area contributed by atoms with Crippen LogP contribution in [0.4, 0.5) is 24.5 Å². The molecule has 3 rings (SSSR count). The van der Waals surface area contributed by atoms with E-state index in [0.717, 1.165) is 6.07 Å². The summed E-state index contributed by atoms with van der Waals surface area (Å²) in [4.78, 5) is 12.3. The van der Waals surface area contributed by atoms with E-state index >= 15 is 0 Å². The minimum absolute atomic E-state index is 0.142. The zero-order valence-corrected chi connectivity index (χ0v) is 14.2. The van der Waals surface area contributed by atoms with Crippen LogP contribution in [0, 0.1) is 5.92 Å². The molecule has 2 aromatic rings. The first kappa shape index (κ1) is 17.9. The summed E-state index contributed by atoms with van der Waals surface area (Å²) in [5, 5.41) is 3.01. The number of nitrogen functional groups attached to an aromatic ring is 1. The zero-order chi connectivity index (χ0) is 18.4. The van der Waals surface area contributed by atoms with Crippen LogP contribution < -0.4 is 11.1 Å². The van der Waals surface area contributed by atoms with E-state index in [1.807, 2.05) is 0 Å². The van der Waals surface area contributed by atoms with Gasteiger partial charge in [0.2, 0.25) is 5.91 Å². The number of anilines is 2. The van der Waals surface area contributed by atoms with Gasteiger partial charge in [-0.1, -0.05) is 41.4 Å². The Kier molecular flexibility index (Phi) is 4.60. The molecule has 0 unspecified atom stereocenters. The Hall–Kier alpha value is -1.92. The molecular weight excluding hydrogens is 376 g/mol. The lowest BCUT2D eigenvalue weighted by atomic mass is 10.0. The summed E-state index contributed by atoms with van der Waals surface area (Å²) in [6.45, 7) is 0. The molecule has 3 N–H and O–H groups in total. The van der Waals surface area contributed by atoms with Crippen LogP contribution in [0.25, 0.3) is 0 Å². The van der Waals surface area contributed by atoms with Gasteiger partial charge in [0.05, 0.1) is 21.3 Å². The Balaban J connectivity index is 1.76. The lowest BCUT2D eigenvalue weighted by Crippen LogP contribution is -2.15. The highest BCUT2D eigenvalue weighted by atomic mass is 35.5. The van der Waals surface area contributed by atoms with E-state index < -0.39 is 23.6 Å². The zero-order valence-electron chi connectivity index (χ0n) is 12.7. The van der Waals surface area contributed by atoms with E-state index in [-0.39, 0.29) is 27.2 Å². The van der Waals surface area contributed by atoms with Crippen molar-refractivity contribution in [2.45, 2.75) is 18.5 Å². The molecular formula is C17H13Cl2F3N2O. The number of carbonyl (C=O) groups excluding carboxylic acids is 1. The van der Waals surface area contributed by atoms with Crippen LogP contribution in [-0.2, 0) is 11.0 Å². The fourth-order valence-corrected chi connectivity index (χ4v) is 3.29. The van der Waals surface area contributed by atoms with Crippen LogP contribution >= 0.6 is 23.2 Å². The van der Waals surface area contributed by atoms with Gasteiger partial charge in [0.15, 0.2) is 0 Å². The molecule has 132 valence electrons. The van der Waals surface area contributed by atoms with E-state index in [2.05, 4.69) is 5.32 Å². The number of amides is 1. The summed E-state index contributed by atoms with van der Waals surface area (Å²) in [5.41, 5.74) is 5.62. The first-order valence-corrected chi connectivity index (χ1v) is 8.15. The van der Waals surface area contributed by atoms with Crippen LogP contribution in [0.15, 0.2) is 36.4 Å². The largest absolute Gasteiger partial charge is 0.416 e. The number of carbonyl (C=O) groups is 1. The average Bonchev–Trinajstić information content (AvgIpc) is 3.32. The first-order chi connectivity index (χ1) is 11.7. The fourth-order valence-electron chi connectivity index (χ4n) is 2.80. The Morgan fingerprint density at radius 1 is 1.16 bits per heavy atom. The molecule has 1 fully saturated rings. The molecule has 1 aliphatic carbocycles. The van der Waals surface area contributed by atoms with Crippen molar-refractivity contribution in [1.29, 1.82) is 0 Å². The smallest absolute Gasteiger partial charge is 0.396 e. The fraction of sp³-hybridized carbons (Fsp3) is 0.235. The van der Waals surface area contributed by atoms with Gasteiger partial charge >= 0.3 is 6.18 Å². The maximum Gasteiger partial charge on any atom is 0.416 e. The molecule has 0 saturated heterocycles. The second kappa shape index (κ2) is 6.42. The molecule has 25 heavy (non-hydrogen) atoms. The minimum Gasteiger partial charge on any atom is -0.396 e. The SMILES string of the molecule is Nc1c(Cl)cc(NC(=O)[C@@H]2C[C@H]2c2ccccc2C(F)(F)F)cc1Cl. The monoisotopic (exact) mass is 388 g/mol. The maximum atomic E-state index is 13.1. The van der Waals surface area contributed by atoms with Crippen LogP contribution in [0.1, 0.15) is 23.5 Å². The normalized spacial score (nSPS) is 19.6. The Morgan fingerprint density at radius 3 is 2.36 bits per heavy atom. The number of benzene rings is 2. The molecule has 1 saturated carbocycles. The Bertz CT molecular complexity index is 816. The van der Waals surface area contributed by atoms with E-state index in [1.54, 1.807) is 0 Å². The number of hydrogen-bond acceptors (Lipinski definition) is 2. The van der Waals surface area contributed by atoms with Crippen LogP contribution in [0.2, 0.25) is 10.0 Å². The minimum atomic E-state index is -4.45. The number of nitrogens with two attached hydrogens (primary N) is 1. The van der Waals surface area contributed by atoms with Crippen molar-refractivity contribution in [3.63, 3.8) is 0 Å². The van der Waals surface area contributed by atoms with Crippen molar-refractivity contribution in [2.75, 3.05) is 11.1 Å². The lowest BCUT2D eigenvalue weighted by Gasteiger charge is -2.12. The summed E-state index contributed by atoms with van der Waals surface area (Å²) in [6.07, 6.45) is -4.09. The second-order valence-electron chi connectivity index (χ2n) is 5.88. The van der Waals surface area contributed by atoms with Gasteiger partial charge in [-0.2, -0.15) is 13.2 Å². The van der Waals surface area contributed by atoms with Crippen molar-refractivity contribution in [2.24, 2.45) is 5.92 Å². The van der Waals surface area contributed by atoms with Crippen molar-refractivity contribution in [3.8, 4) is 0 Å². The number of halogens is 5. The third-order valence-electron chi connectivity index (χ3n) is 4.14. The molecule has 3 nitrogen and oxygen atoms in total. The highest BCUT2D eigenvalue weighted by Crippen LogP contribution is 2.51. The van der Waals surface area contributed by atoms with Gasteiger partial charge in [0, 0.05) is 11.6 Å². The van der Waals surface area contributed by atoms with Crippen molar-refractivity contribution in [3.05, 3.63) is 57.6 Å². The maximum absolute atomic E-state index is 13.1. The highest BCUT2D eigenvalue weighted by molar-refractivity contribution is 6.39. The summed E-state index contributed by atoms with van der Waals surface area (Å²) in [6, 6.07) is 8.21. The Labute approximate surface area is 151 Å². The van der Waals surface area contributed by atoms with E-state index in [1.165, 1.54) is 30.3 Å². The van der Waals surface area contributed by atoms with Crippen molar-refractivity contribution in [1.82, 2.24) is 0 Å². The van der Waals surface area contributed by atoms with Gasteiger partial charge in [-0.15, -0.1) is 0 Å². The van der Waals surface area contributed by atoms with Gasteiger partial charge in [-0.05, 0) is 36.1 Å². The lowest BCUT2D eigenvalue weighted by molar-refractivity contribution is -0.138. The number of nitrogens with one attached hydrogen (secondary N) is 1. The van der Waals surface area contributed by atoms with Gasteiger partial charge in [0.25, 0.3) is 0 Å². The van der Waals surface area contributed by atoms with Crippen LogP contribution in [0.5, 0.6) is 0 Å². The first-order valence-electron chi connectivity index (χ1n) is 7.40. The summed E-state index contributed by atoms with van der Waals surface area (Å²) >= 11 is 11.8. The predicted octanol–water partition coefficient (Wildman–Crippen LogP) is 5.34. The highest BCUT2D eigenvalue weighted by Gasteiger charge is 2.47. The van der Waals surface area contributed by atoms with E-state index in [0.29, 0.717) is 12.1 Å². The van der Waals surface area contributed by atoms with E-state index in [9.17, 15) is 18.0 Å². The average molecular weight is 389 g/mol. The predicted molar refractivity (Wildman–Crippen MR) is 91.8 cm³/mol. The molecule has 1 amide bonds. The van der Waals surface area contributed by atoms with Gasteiger partial charge in [-0.3, -0.25) is 4.79 Å². The van der Waals surface area contributed by atoms with Crippen molar-refractivity contribution < 1.29 is 18.0 Å². The molecule has 0 radical (unpaired) electrons. The van der Waals surface area contributed by atoms with Crippen LogP contribution in [-0.4, -0.2) is 5.91 Å². The Morgan fingerprint density at radius 2 is 1.76 bits per heavy atom. The molecule has 8 heteroatoms. The quantitative estimate of drug-likeness (QED) is 0.697. The van der Waals surface area contributed by atoms with Gasteiger partial charge < -0.3 is 11.1 Å². The molecule has 1 aliphatic rings. The molecule has 0 heterocycles. The summed E-state index contributed by atoms with van der Waals surface area (Å²) in [5.74, 6) is -1.37. The summed E-state index contributed by atoms with van der Waals surface area (Å²) in [7, 11) is 0. The number of alkyl halides is 3. The molecule has 2 atom stereocenters. The number of hydrogen-bond donors (Lipinski definition) is 2. The second-order valence-corrected chi connectivity index (χ2v) is 6.69. The van der Waals surface area contributed by atoms with Gasteiger partial charge in [-0.25, -0.2) is 0 Å². The van der Waals surface area contributed by atoms with Gasteiger partial charge in [0.1, 0.15) is 0 Å². The third kappa shape index (κ3) is 3.70. The van der Waals surface area contributed by atoms with E-state index in [4.69, 9.17) is 28.9 Å². The summed E-state index contributed by atoms with van der Waals surface area (Å²) < 4.78 is 39.3. The molecule has 0 aromatic heterocycles. The van der Waals surface area contributed by atoms with Crippen molar-refractivity contribution >= 4 is 40.5 Å². The number of rotatable bonds is 3. The molecule has 2 aromatic carbocycles. The topological polar surface area (TPSA) is 55.1 Å². The van der Waals surface area contributed by atoms with Crippen LogP contribution in [0.3, 0.4) is 0 Å². The standard InChI is InChI=1S/C17H13Cl2F3N2O/c18-13-5-8(6-14(19)15(13)23)24-16(25)11-7-10(11)9-3-1-2-4-12(9)17(20,21)22/h1-6,10-11H,7,23H2,(H,24,25)/t10-,11+/m0/s1.